The number of carbonyl (C=O) groups excluding carboxylic acids is 1. The second kappa shape index (κ2) is 4.53. The Morgan fingerprint density at radius 3 is 2.79 bits per heavy atom. The van der Waals surface area contributed by atoms with Gasteiger partial charge in [0.2, 0.25) is 0 Å². The quantitative estimate of drug-likeness (QED) is 0.595. The molecule has 0 aliphatic carbocycles. The Bertz CT molecular complexity index is 700. The van der Waals surface area contributed by atoms with E-state index in [0.717, 1.165) is 25.9 Å². The molecule has 3 rings (SSSR count). The minimum Gasteiger partial charge on any atom is -0.347 e. The van der Waals surface area contributed by atoms with Crippen LogP contribution in [0.2, 0.25) is 0 Å². The SMILES string of the molecule is Nc1[nH]c(C2=CCNC(=O)c3[nH]c(Br)c(Br)c32)c[nH+]1. The van der Waals surface area contributed by atoms with Crippen LogP contribution < -0.4 is 16.0 Å². The largest absolute Gasteiger partial charge is 0.350 e. The van der Waals surface area contributed by atoms with Crippen LogP contribution >= 0.6 is 31.9 Å². The number of amides is 1. The van der Waals surface area contributed by atoms with Crippen molar-refractivity contribution in [3.8, 4) is 0 Å². The van der Waals surface area contributed by atoms with Gasteiger partial charge in [0.1, 0.15) is 17.6 Å². The van der Waals surface area contributed by atoms with Crippen LogP contribution in [0.4, 0.5) is 5.95 Å². The molecule has 19 heavy (non-hydrogen) atoms. The lowest BCUT2D eigenvalue weighted by Crippen LogP contribution is -2.22. The van der Waals surface area contributed by atoms with Gasteiger partial charge in [-0.25, -0.2) is 9.97 Å². The molecule has 0 bridgehead atoms. The molecule has 0 saturated carbocycles. The highest BCUT2D eigenvalue weighted by atomic mass is 79.9. The minimum absolute atomic E-state index is 0.142. The van der Waals surface area contributed by atoms with Crippen LogP contribution in [0.5, 0.6) is 0 Å². The first-order valence-corrected chi connectivity index (χ1v) is 7.08. The van der Waals surface area contributed by atoms with Gasteiger partial charge < -0.3 is 10.3 Å². The van der Waals surface area contributed by atoms with Gasteiger partial charge in [-0.15, -0.1) is 0 Å². The van der Waals surface area contributed by atoms with E-state index in [1.165, 1.54) is 0 Å². The lowest BCUT2D eigenvalue weighted by molar-refractivity contribution is -0.358. The zero-order chi connectivity index (χ0) is 13.6. The zero-order valence-electron chi connectivity index (χ0n) is 9.60. The lowest BCUT2D eigenvalue weighted by atomic mass is 10.0. The predicted molar refractivity (Wildman–Crippen MR) is 77.4 cm³/mol. The molecule has 6 nitrogen and oxygen atoms in total. The third kappa shape index (κ3) is 2.00. The molecular formula is C11H10Br2N5O+. The van der Waals surface area contributed by atoms with E-state index < -0.39 is 0 Å². The molecule has 1 aliphatic rings. The first-order valence-electron chi connectivity index (χ1n) is 5.50. The second-order valence-electron chi connectivity index (χ2n) is 4.07. The number of H-pyrrole nitrogens is 3. The average Bonchev–Trinajstić information content (AvgIpc) is 2.87. The number of nitrogens with one attached hydrogen (secondary N) is 4. The summed E-state index contributed by atoms with van der Waals surface area (Å²) in [6, 6.07) is 0. The first-order chi connectivity index (χ1) is 9.08. The Balaban J connectivity index is 2.24. The maximum atomic E-state index is 12.0. The molecule has 0 radical (unpaired) electrons. The fourth-order valence-corrected chi connectivity index (χ4v) is 2.97. The number of aromatic amines is 3. The van der Waals surface area contributed by atoms with Gasteiger partial charge in [0.05, 0.1) is 9.08 Å². The summed E-state index contributed by atoms with van der Waals surface area (Å²) in [4.78, 5) is 20.9. The Morgan fingerprint density at radius 1 is 1.32 bits per heavy atom. The number of fused-ring (bicyclic) bond motifs is 1. The second-order valence-corrected chi connectivity index (χ2v) is 5.66. The summed E-state index contributed by atoms with van der Waals surface area (Å²) >= 11 is 6.87. The van der Waals surface area contributed by atoms with E-state index in [9.17, 15) is 4.79 Å². The number of carbonyl (C=O) groups is 1. The maximum absolute atomic E-state index is 12.0. The Labute approximate surface area is 125 Å². The molecule has 1 aliphatic heterocycles. The monoisotopic (exact) mass is 386 g/mol. The molecule has 3 heterocycles. The smallest absolute Gasteiger partial charge is 0.347 e. The zero-order valence-corrected chi connectivity index (χ0v) is 12.8. The van der Waals surface area contributed by atoms with Gasteiger partial charge in [-0.3, -0.25) is 10.5 Å². The summed E-state index contributed by atoms with van der Waals surface area (Å²) in [6.45, 7) is 0.458. The van der Waals surface area contributed by atoms with Gasteiger partial charge in [0, 0.05) is 17.7 Å². The highest BCUT2D eigenvalue weighted by Crippen LogP contribution is 2.37. The van der Waals surface area contributed by atoms with Crippen molar-refractivity contribution in [2.75, 3.05) is 12.3 Å². The van der Waals surface area contributed by atoms with E-state index in [1.54, 1.807) is 6.20 Å². The van der Waals surface area contributed by atoms with Gasteiger partial charge in [-0.1, -0.05) is 6.08 Å². The van der Waals surface area contributed by atoms with Crippen molar-refractivity contribution in [3.63, 3.8) is 0 Å². The highest BCUT2D eigenvalue weighted by Gasteiger charge is 2.27. The van der Waals surface area contributed by atoms with Crippen LogP contribution in [0, 0.1) is 0 Å². The van der Waals surface area contributed by atoms with Crippen molar-refractivity contribution in [1.82, 2.24) is 15.3 Å². The van der Waals surface area contributed by atoms with Crippen molar-refractivity contribution in [2.24, 2.45) is 0 Å². The third-order valence-corrected chi connectivity index (χ3v) is 4.81. The fraction of sp³-hybridized carbons (Fsp3) is 0.0909. The summed E-state index contributed by atoms with van der Waals surface area (Å²) in [5.74, 6) is 0.322. The van der Waals surface area contributed by atoms with Crippen LogP contribution in [-0.4, -0.2) is 22.4 Å². The molecule has 0 atom stereocenters. The number of rotatable bonds is 1. The molecule has 8 heteroatoms. The molecule has 1 amide bonds. The van der Waals surface area contributed by atoms with Crippen molar-refractivity contribution >= 4 is 49.3 Å². The number of hydrogen-bond donors (Lipinski definition) is 4. The number of nitrogen functional groups attached to an aromatic ring is 1. The molecule has 0 saturated heterocycles. The topological polar surface area (TPSA) is 101 Å². The Kier molecular flexibility index (Phi) is 2.98. The molecule has 6 N–H and O–H groups in total. The molecule has 2 aromatic heterocycles. The van der Waals surface area contributed by atoms with Gasteiger partial charge >= 0.3 is 5.95 Å². The number of aromatic nitrogens is 3. The standard InChI is InChI=1S/C11H9Br2N5O/c12-7-6-4(5-3-16-11(14)17-5)1-2-15-10(19)8(6)18-9(7)13/h1,3,18H,2H2,(H,15,19)(H3,14,16,17)/p+1. The molecule has 0 fully saturated rings. The molecule has 2 aromatic rings. The van der Waals surface area contributed by atoms with Crippen LogP contribution in [0.1, 0.15) is 21.7 Å². The van der Waals surface area contributed by atoms with Crippen LogP contribution in [-0.2, 0) is 0 Å². The average molecular weight is 388 g/mol. The number of nitrogens with two attached hydrogens (primary N) is 1. The predicted octanol–water partition coefficient (Wildman–Crippen LogP) is 1.44. The van der Waals surface area contributed by atoms with E-state index in [-0.39, 0.29) is 5.91 Å². The van der Waals surface area contributed by atoms with Crippen molar-refractivity contribution in [2.45, 2.75) is 0 Å². The van der Waals surface area contributed by atoms with Gasteiger partial charge in [0.15, 0.2) is 0 Å². The molecule has 0 aromatic carbocycles. The van der Waals surface area contributed by atoms with E-state index in [1.807, 2.05) is 6.08 Å². The number of halogens is 2. The molecule has 98 valence electrons. The van der Waals surface area contributed by atoms with Crippen molar-refractivity contribution in [3.05, 3.63) is 38.3 Å². The fourth-order valence-electron chi connectivity index (χ4n) is 2.06. The Morgan fingerprint density at radius 2 is 2.11 bits per heavy atom. The third-order valence-electron chi connectivity index (χ3n) is 2.89. The van der Waals surface area contributed by atoms with Gasteiger partial charge in [0.25, 0.3) is 5.91 Å². The van der Waals surface area contributed by atoms with E-state index in [4.69, 9.17) is 5.73 Å². The minimum atomic E-state index is -0.142. The van der Waals surface area contributed by atoms with Crippen molar-refractivity contribution in [1.29, 1.82) is 0 Å². The highest BCUT2D eigenvalue weighted by molar-refractivity contribution is 9.13. The van der Waals surface area contributed by atoms with Gasteiger partial charge in [-0.2, -0.15) is 0 Å². The lowest BCUT2D eigenvalue weighted by Gasteiger charge is -2.02. The van der Waals surface area contributed by atoms with Crippen LogP contribution in [0.3, 0.4) is 0 Å². The summed E-state index contributed by atoms with van der Waals surface area (Å²) in [7, 11) is 0. The normalized spacial score (nSPS) is 14.6. The first kappa shape index (κ1) is 12.5. The summed E-state index contributed by atoms with van der Waals surface area (Å²) in [5.41, 5.74) is 8.70. The number of imidazole rings is 1. The van der Waals surface area contributed by atoms with Crippen LogP contribution in [0.15, 0.2) is 21.3 Å². The number of hydrogen-bond acceptors (Lipinski definition) is 2. The van der Waals surface area contributed by atoms with Crippen molar-refractivity contribution < 1.29 is 9.78 Å². The van der Waals surface area contributed by atoms with Gasteiger partial charge in [-0.05, 0) is 31.9 Å². The Hall–Kier alpha value is -1.54. The molecule has 0 unspecified atom stereocenters. The van der Waals surface area contributed by atoms with E-state index in [0.29, 0.717) is 18.2 Å². The summed E-state index contributed by atoms with van der Waals surface area (Å²) in [6.07, 6.45) is 3.71. The summed E-state index contributed by atoms with van der Waals surface area (Å²) < 4.78 is 1.53. The molecular weight excluding hydrogens is 378 g/mol. The number of anilines is 1. The maximum Gasteiger partial charge on any atom is 0.350 e. The van der Waals surface area contributed by atoms with Crippen LogP contribution in [0.25, 0.3) is 5.57 Å². The van der Waals surface area contributed by atoms with E-state index >= 15 is 0 Å². The molecule has 0 spiro atoms. The van der Waals surface area contributed by atoms with E-state index in [2.05, 4.69) is 52.1 Å². The summed E-state index contributed by atoms with van der Waals surface area (Å²) in [5, 5.41) is 2.80.